The number of rotatable bonds is 8. The maximum atomic E-state index is 13.1. The Kier molecular flexibility index (Phi) is 8.14. The average molecular weight is 416 g/mol. The first kappa shape index (κ1) is 22.6. The molecule has 1 saturated heterocycles. The maximum Gasteiger partial charge on any atom is 0.254 e. The zero-order valence-corrected chi connectivity index (χ0v) is 18.7. The van der Waals surface area contributed by atoms with Crippen LogP contribution in [0.15, 0.2) is 24.3 Å². The SMILES string of the molecule is COc1cccc(C(=O)N2CCN(C(C(=O)NCCC(C)C)C3CCCC3)CC2)c1. The van der Waals surface area contributed by atoms with E-state index >= 15 is 0 Å². The number of nitrogens with zero attached hydrogens (tertiary/aromatic N) is 2. The molecule has 0 radical (unpaired) electrons. The standard InChI is InChI=1S/C24H37N3O3/c1-18(2)11-12-25-23(28)22(19-7-4-5-8-19)26-13-15-27(16-14-26)24(29)20-9-6-10-21(17-20)30-3/h6,9-10,17-19,22H,4-5,7-8,11-16H2,1-3H3,(H,25,28). The van der Waals surface area contributed by atoms with E-state index in [-0.39, 0.29) is 17.9 Å². The van der Waals surface area contributed by atoms with Crippen LogP contribution < -0.4 is 10.1 Å². The van der Waals surface area contributed by atoms with Crippen molar-refractivity contribution < 1.29 is 14.3 Å². The molecule has 1 unspecified atom stereocenters. The highest BCUT2D eigenvalue weighted by Crippen LogP contribution is 2.31. The first-order valence-corrected chi connectivity index (χ1v) is 11.4. The number of carbonyl (C=O) groups excluding carboxylic acids is 2. The molecule has 0 aromatic heterocycles. The van der Waals surface area contributed by atoms with Crippen LogP contribution in [-0.2, 0) is 4.79 Å². The molecule has 166 valence electrons. The predicted molar refractivity (Wildman–Crippen MR) is 119 cm³/mol. The number of hydrogen-bond acceptors (Lipinski definition) is 4. The molecule has 1 aromatic carbocycles. The predicted octanol–water partition coefficient (Wildman–Crippen LogP) is 3.17. The Morgan fingerprint density at radius 3 is 2.47 bits per heavy atom. The Morgan fingerprint density at radius 1 is 1.13 bits per heavy atom. The number of methoxy groups -OCH3 is 1. The van der Waals surface area contributed by atoms with E-state index in [1.807, 2.05) is 23.1 Å². The monoisotopic (exact) mass is 415 g/mol. The zero-order valence-electron chi connectivity index (χ0n) is 18.7. The zero-order chi connectivity index (χ0) is 21.5. The van der Waals surface area contributed by atoms with E-state index in [1.165, 1.54) is 12.8 Å². The Morgan fingerprint density at radius 2 is 1.83 bits per heavy atom. The quantitative estimate of drug-likeness (QED) is 0.708. The summed E-state index contributed by atoms with van der Waals surface area (Å²) in [6, 6.07) is 7.26. The molecule has 6 nitrogen and oxygen atoms in total. The van der Waals surface area contributed by atoms with E-state index in [2.05, 4.69) is 24.1 Å². The Balaban J connectivity index is 1.60. The van der Waals surface area contributed by atoms with Gasteiger partial charge in [0, 0.05) is 38.3 Å². The van der Waals surface area contributed by atoms with E-state index in [9.17, 15) is 9.59 Å². The Hall–Kier alpha value is -2.08. The Labute approximate surface area is 180 Å². The van der Waals surface area contributed by atoms with E-state index in [4.69, 9.17) is 4.74 Å². The van der Waals surface area contributed by atoms with Gasteiger partial charge in [0.25, 0.3) is 5.91 Å². The molecule has 1 aromatic rings. The molecule has 0 spiro atoms. The summed E-state index contributed by atoms with van der Waals surface area (Å²) in [4.78, 5) is 30.2. The summed E-state index contributed by atoms with van der Waals surface area (Å²) in [5.74, 6) is 1.92. The van der Waals surface area contributed by atoms with Crippen molar-refractivity contribution in [3.63, 3.8) is 0 Å². The molecule has 1 heterocycles. The topological polar surface area (TPSA) is 61.9 Å². The number of benzene rings is 1. The van der Waals surface area contributed by atoms with Gasteiger partial charge in [0.1, 0.15) is 5.75 Å². The Bertz CT molecular complexity index is 707. The summed E-state index contributed by atoms with van der Waals surface area (Å²) in [5, 5.41) is 3.19. The van der Waals surface area contributed by atoms with Gasteiger partial charge in [-0.2, -0.15) is 0 Å². The fourth-order valence-corrected chi connectivity index (χ4v) is 4.68. The molecule has 1 saturated carbocycles. The molecule has 1 aliphatic heterocycles. The number of ether oxygens (including phenoxy) is 1. The van der Waals surface area contributed by atoms with E-state index < -0.39 is 0 Å². The van der Waals surface area contributed by atoms with Crippen molar-refractivity contribution >= 4 is 11.8 Å². The summed E-state index contributed by atoms with van der Waals surface area (Å²) in [5.41, 5.74) is 0.654. The van der Waals surface area contributed by atoms with Crippen molar-refractivity contribution in [1.29, 1.82) is 0 Å². The summed E-state index contributed by atoms with van der Waals surface area (Å²) in [6.07, 6.45) is 5.70. The minimum absolute atomic E-state index is 0.0346. The summed E-state index contributed by atoms with van der Waals surface area (Å²) >= 11 is 0. The first-order chi connectivity index (χ1) is 14.5. The second kappa shape index (κ2) is 10.8. The van der Waals surface area contributed by atoms with Crippen LogP contribution in [0, 0.1) is 11.8 Å². The summed E-state index contributed by atoms with van der Waals surface area (Å²) < 4.78 is 5.25. The number of hydrogen-bond donors (Lipinski definition) is 1. The van der Waals surface area contributed by atoms with Gasteiger partial charge < -0.3 is 15.0 Å². The van der Waals surface area contributed by atoms with Crippen LogP contribution >= 0.6 is 0 Å². The molecule has 1 atom stereocenters. The minimum Gasteiger partial charge on any atom is -0.497 e. The number of nitrogens with one attached hydrogen (secondary N) is 1. The molecular formula is C24H37N3O3. The first-order valence-electron chi connectivity index (χ1n) is 11.4. The lowest BCUT2D eigenvalue weighted by atomic mass is 9.94. The second-order valence-electron chi connectivity index (χ2n) is 9.02. The highest BCUT2D eigenvalue weighted by atomic mass is 16.5. The van der Waals surface area contributed by atoms with Crippen LogP contribution in [0.4, 0.5) is 0 Å². The molecule has 1 N–H and O–H groups in total. The third-order valence-corrected chi connectivity index (χ3v) is 6.45. The maximum absolute atomic E-state index is 13.1. The third kappa shape index (κ3) is 5.75. The molecule has 1 aliphatic carbocycles. The van der Waals surface area contributed by atoms with Crippen molar-refractivity contribution in [2.24, 2.45) is 11.8 Å². The smallest absolute Gasteiger partial charge is 0.254 e. The van der Waals surface area contributed by atoms with Gasteiger partial charge in [0.2, 0.25) is 5.91 Å². The fourth-order valence-electron chi connectivity index (χ4n) is 4.68. The summed E-state index contributed by atoms with van der Waals surface area (Å²) in [6.45, 7) is 7.90. The van der Waals surface area contributed by atoms with E-state index in [0.29, 0.717) is 36.2 Å². The van der Waals surface area contributed by atoms with Crippen molar-refractivity contribution in [1.82, 2.24) is 15.1 Å². The van der Waals surface area contributed by atoms with Crippen molar-refractivity contribution in [2.45, 2.75) is 52.0 Å². The van der Waals surface area contributed by atoms with Gasteiger partial charge in [-0.1, -0.05) is 32.8 Å². The van der Waals surface area contributed by atoms with Crippen molar-refractivity contribution in [3.05, 3.63) is 29.8 Å². The molecule has 6 heteroatoms. The largest absolute Gasteiger partial charge is 0.497 e. The lowest BCUT2D eigenvalue weighted by molar-refractivity contribution is -0.129. The highest BCUT2D eigenvalue weighted by molar-refractivity contribution is 5.94. The van der Waals surface area contributed by atoms with Crippen LogP contribution in [0.5, 0.6) is 5.75 Å². The van der Waals surface area contributed by atoms with E-state index in [1.54, 1.807) is 13.2 Å². The molecule has 2 fully saturated rings. The fraction of sp³-hybridized carbons (Fsp3) is 0.667. The van der Waals surface area contributed by atoms with Gasteiger partial charge in [0.05, 0.1) is 13.2 Å². The van der Waals surface area contributed by atoms with Gasteiger partial charge in [0.15, 0.2) is 0 Å². The van der Waals surface area contributed by atoms with Crippen LogP contribution in [0.25, 0.3) is 0 Å². The summed E-state index contributed by atoms with van der Waals surface area (Å²) in [7, 11) is 1.61. The van der Waals surface area contributed by atoms with Gasteiger partial charge in [-0.05, 0) is 49.3 Å². The molecule has 2 aliphatic rings. The van der Waals surface area contributed by atoms with Crippen LogP contribution in [0.2, 0.25) is 0 Å². The van der Waals surface area contributed by atoms with Crippen LogP contribution in [0.1, 0.15) is 56.3 Å². The number of amides is 2. The third-order valence-electron chi connectivity index (χ3n) is 6.45. The van der Waals surface area contributed by atoms with E-state index in [0.717, 1.165) is 38.9 Å². The number of piperazine rings is 1. The lowest BCUT2D eigenvalue weighted by Crippen LogP contribution is -2.58. The van der Waals surface area contributed by atoms with Crippen molar-refractivity contribution in [2.75, 3.05) is 39.8 Å². The van der Waals surface area contributed by atoms with Crippen LogP contribution in [0.3, 0.4) is 0 Å². The van der Waals surface area contributed by atoms with Gasteiger partial charge in [-0.25, -0.2) is 0 Å². The van der Waals surface area contributed by atoms with Crippen LogP contribution in [-0.4, -0.2) is 67.5 Å². The molecule has 30 heavy (non-hydrogen) atoms. The normalized spacial score (nSPS) is 19.1. The minimum atomic E-state index is -0.0614. The van der Waals surface area contributed by atoms with Gasteiger partial charge in [-0.15, -0.1) is 0 Å². The highest BCUT2D eigenvalue weighted by Gasteiger charge is 2.37. The van der Waals surface area contributed by atoms with Gasteiger partial charge >= 0.3 is 0 Å². The molecule has 2 amide bonds. The second-order valence-corrected chi connectivity index (χ2v) is 9.02. The number of carbonyl (C=O) groups is 2. The molecular weight excluding hydrogens is 378 g/mol. The van der Waals surface area contributed by atoms with Gasteiger partial charge in [-0.3, -0.25) is 14.5 Å². The molecule has 0 bridgehead atoms. The average Bonchev–Trinajstić information content (AvgIpc) is 3.28. The van der Waals surface area contributed by atoms with Crippen molar-refractivity contribution in [3.8, 4) is 5.75 Å². The molecule has 3 rings (SSSR count). The lowest BCUT2D eigenvalue weighted by Gasteiger charge is -2.40.